The summed E-state index contributed by atoms with van der Waals surface area (Å²) in [6.45, 7) is 2.38. The minimum atomic E-state index is -0.131. The molecule has 3 N–H and O–H groups in total. The van der Waals surface area contributed by atoms with E-state index < -0.39 is 0 Å². The molecule has 0 saturated carbocycles. The molecule has 0 aromatic rings. The normalized spacial score (nSPS) is 12.0. The third kappa shape index (κ3) is 3.26. The maximum absolute atomic E-state index is 8.21. The Morgan fingerprint density at radius 3 is 2.57 bits per heavy atom. The second-order valence-electron chi connectivity index (χ2n) is 1.12. The van der Waals surface area contributed by atoms with Gasteiger partial charge in [-0.1, -0.05) is 0 Å². The fourth-order valence-corrected chi connectivity index (χ4v) is 0.253. The first-order valence-corrected chi connectivity index (χ1v) is 2.21. The van der Waals surface area contributed by atoms with Crippen molar-refractivity contribution in [1.29, 1.82) is 0 Å². The number of hydrogen-bond donors (Lipinski definition) is 2. The molecular weight excluding hydrogens is 92.1 g/mol. The van der Waals surface area contributed by atoms with E-state index in [9.17, 15) is 0 Å². The van der Waals surface area contributed by atoms with Gasteiger partial charge in [0.05, 0.1) is 0 Å². The number of nitrogens with zero attached hydrogens (tertiary/aromatic N) is 1. The van der Waals surface area contributed by atoms with Gasteiger partial charge in [0.15, 0.2) is 0 Å². The zero-order valence-corrected chi connectivity index (χ0v) is 4.39. The molecule has 0 aliphatic carbocycles. The van der Waals surface area contributed by atoms with Crippen molar-refractivity contribution in [3.63, 3.8) is 0 Å². The lowest BCUT2D eigenvalue weighted by molar-refractivity contribution is 0.355. The maximum Gasteiger partial charge on any atom is 0.120 e. The highest BCUT2D eigenvalue weighted by molar-refractivity contribution is 5.81. The van der Waals surface area contributed by atoms with Crippen LogP contribution in [0.25, 0.3) is 0 Å². The number of amidine groups is 1. The van der Waals surface area contributed by atoms with Crippen LogP contribution < -0.4 is 5.73 Å². The molecule has 0 bridgehead atoms. The number of aliphatic hydroxyl groups is 1. The summed E-state index contributed by atoms with van der Waals surface area (Å²) in [6, 6.07) is 0. The lowest BCUT2D eigenvalue weighted by Gasteiger charge is -1.88. The summed E-state index contributed by atoms with van der Waals surface area (Å²) in [5, 5.41) is 8.21. The van der Waals surface area contributed by atoms with E-state index in [4.69, 9.17) is 10.8 Å². The highest BCUT2D eigenvalue weighted by atomic mass is 16.3. The van der Waals surface area contributed by atoms with Crippen molar-refractivity contribution in [2.45, 2.75) is 6.92 Å². The quantitative estimate of drug-likeness (QED) is 0.360. The molecule has 0 rings (SSSR count). The van der Waals surface area contributed by atoms with Crippen LogP contribution in [0.4, 0.5) is 0 Å². The van der Waals surface area contributed by atoms with Crippen molar-refractivity contribution >= 4 is 5.84 Å². The smallest absolute Gasteiger partial charge is 0.120 e. The number of nitrogens with two attached hydrogens (primary N) is 1. The highest BCUT2D eigenvalue weighted by Crippen LogP contribution is 1.65. The molecule has 0 fully saturated rings. The topological polar surface area (TPSA) is 58.6 Å². The molecule has 3 heteroatoms. The second kappa shape index (κ2) is 3.61. The monoisotopic (exact) mass is 102 g/mol. The van der Waals surface area contributed by atoms with Gasteiger partial charge in [-0.05, 0) is 6.92 Å². The summed E-state index contributed by atoms with van der Waals surface area (Å²) < 4.78 is 0. The van der Waals surface area contributed by atoms with Gasteiger partial charge in [0.25, 0.3) is 0 Å². The van der Waals surface area contributed by atoms with Crippen molar-refractivity contribution in [2.75, 3.05) is 13.2 Å². The Labute approximate surface area is 42.9 Å². The highest BCUT2D eigenvalue weighted by Gasteiger charge is 1.80. The van der Waals surface area contributed by atoms with E-state index in [0.717, 1.165) is 0 Å². The Kier molecular flexibility index (Phi) is 3.32. The minimum Gasteiger partial charge on any atom is -0.388 e. The van der Waals surface area contributed by atoms with Gasteiger partial charge in [-0.2, -0.15) is 0 Å². The second-order valence-corrected chi connectivity index (χ2v) is 1.12. The van der Waals surface area contributed by atoms with Gasteiger partial charge >= 0.3 is 0 Å². The van der Waals surface area contributed by atoms with Crippen LogP contribution in [0.5, 0.6) is 0 Å². The zero-order valence-electron chi connectivity index (χ0n) is 4.39. The summed E-state index contributed by atoms with van der Waals surface area (Å²) in [7, 11) is 0. The van der Waals surface area contributed by atoms with E-state index in [1.807, 2.05) is 6.92 Å². The van der Waals surface area contributed by atoms with Crippen LogP contribution in [-0.4, -0.2) is 24.1 Å². The lowest BCUT2D eigenvalue weighted by Crippen LogP contribution is -2.16. The molecule has 0 aliphatic rings. The molecule has 0 atom stereocenters. The van der Waals surface area contributed by atoms with Gasteiger partial charge in [-0.25, -0.2) is 0 Å². The largest absolute Gasteiger partial charge is 0.388 e. The summed E-state index contributed by atoms with van der Waals surface area (Å²) >= 11 is 0. The Hall–Kier alpha value is -0.570. The van der Waals surface area contributed by atoms with Crippen molar-refractivity contribution in [3.8, 4) is 0 Å². The Bertz CT molecular complexity index is 70.1. The van der Waals surface area contributed by atoms with Gasteiger partial charge < -0.3 is 10.8 Å². The van der Waals surface area contributed by atoms with Crippen LogP contribution in [0.3, 0.4) is 0 Å². The van der Waals surface area contributed by atoms with Gasteiger partial charge in [-0.3, -0.25) is 4.99 Å². The Morgan fingerprint density at radius 2 is 2.43 bits per heavy atom. The first-order chi connectivity index (χ1) is 3.31. The predicted octanol–water partition coefficient (Wildman–Crippen LogP) is -0.644. The number of aliphatic imine (C=N–C) groups is 1. The van der Waals surface area contributed by atoms with Gasteiger partial charge in [0.2, 0.25) is 0 Å². The number of hydrogen-bond acceptors (Lipinski definition) is 2. The van der Waals surface area contributed by atoms with E-state index >= 15 is 0 Å². The molecule has 0 amide bonds. The Balaban J connectivity index is 3.29. The minimum absolute atomic E-state index is 0.131. The van der Waals surface area contributed by atoms with E-state index in [2.05, 4.69) is 4.99 Å². The number of rotatable bonds is 2. The molecule has 0 unspecified atom stereocenters. The van der Waals surface area contributed by atoms with Crippen molar-refractivity contribution in [3.05, 3.63) is 0 Å². The van der Waals surface area contributed by atoms with Crippen LogP contribution in [-0.2, 0) is 0 Å². The molecule has 42 valence electrons. The van der Waals surface area contributed by atoms with Gasteiger partial charge in [0, 0.05) is 6.54 Å². The standard InChI is InChI=1S/C4H10N2O/c1-2-6-4(5)3-7/h7H,2-3H2,1H3,(H2,5,6). The average molecular weight is 102 g/mol. The molecule has 0 aliphatic heterocycles. The molecule has 0 aromatic heterocycles. The number of aliphatic hydroxyl groups excluding tert-OH is 1. The van der Waals surface area contributed by atoms with Crippen LogP contribution in [0.2, 0.25) is 0 Å². The molecule has 0 aromatic carbocycles. The Morgan fingerprint density at radius 1 is 1.86 bits per heavy atom. The van der Waals surface area contributed by atoms with E-state index in [-0.39, 0.29) is 6.61 Å². The SMILES string of the molecule is CCN=C(N)CO. The first-order valence-electron chi connectivity index (χ1n) is 2.21. The predicted molar refractivity (Wildman–Crippen MR) is 29.2 cm³/mol. The van der Waals surface area contributed by atoms with E-state index in [0.29, 0.717) is 12.4 Å². The average Bonchev–Trinajstić information content (AvgIpc) is 1.68. The molecule has 0 saturated heterocycles. The third-order valence-electron chi connectivity index (χ3n) is 0.523. The molecule has 3 nitrogen and oxygen atoms in total. The van der Waals surface area contributed by atoms with Crippen LogP contribution in [0.15, 0.2) is 4.99 Å². The lowest BCUT2D eigenvalue weighted by atomic mass is 10.6. The third-order valence-corrected chi connectivity index (χ3v) is 0.523. The van der Waals surface area contributed by atoms with E-state index in [1.54, 1.807) is 0 Å². The van der Waals surface area contributed by atoms with Gasteiger partial charge in [-0.15, -0.1) is 0 Å². The van der Waals surface area contributed by atoms with Crippen LogP contribution in [0.1, 0.15) is 6.92 Å². The molecular formula is C4H10N2O. The maximum atomic E-state index is 8.21. The fourth-order valence-electron chi connectivity index (χ4n) is 0.253. The summed E-state index contributed by atoms with van der Waals surface area (Å²) in [6.07, 6.45) is 0. The van der Waals surface area contributed by atoms with Crippen LogP contribution >= 0.6 is 0 Å². The molecule has 7 heavy (non-hydrogen) atoms. The summed E-state index contributed by atoms with van der Waals surface area (Å²) in [4.78, 5) is 3.69. The van der Waals surface area contributed by atoms with Gasteiger partial charge in [0.1, 0.15) is 12.4 Å². The summed E-state index contributed by atoms with van der Waals surface area (Å²) in [5.41, 5.74) is 5.08. The first kappa shape index (κ1) is 6.43. The molecule has 0 heterocycles. The molecule has 0 radical (unpaired) electrons. The summed E-state index contributed by atoms with van der Waals surface area (Å²) in [5.74, 6) is 0.308. The van der Waals surface area contributed by atoms with Crippen molar-refractivity contribution in [1.82, 2.24) is 0 Å². The van der Waals surface area contributed by atoms with Crippen molar-refractivity contribution in [2.24, 2.45) is 10.7 Å². The van der Waals surface area contributed by atoms with Crippen molar-refractivity contribution < 1.29 is 5.11 Å². The zero-order chi connectivity index (χ0) is 5.70. The van der Waals surface area contributed by atoms with E-state index in [1.165, 1.54) is 0 Å². The molecule has 0 spiro atoms. The fraction of sp³-hybridized carbons (Fsp3) is 0.750. The van der Waals surface area contributed by atoms with Crippen LogP contribution in [0, 0.1) is 0 Å².